The Kier molecular flexibility index (Phi) is 4.98. The zero-order valence-electron chi connectivity index (χ0n) is 8.92. The fourth-order valence-electron chi connectivity index (χ4n) is 1.12. The van der Waals surface area contributed by atoms with Gasteiger partial charge in [0.15, 0.2) is 0 Å². The van der Waals surface area contributed by atoms with Crippen molar-refractivity contribution in [2.45, 2.75) is 6.42 Å². The third kappa shape index (κ3) is 4.44. The van der Waals surface area contributed by atoms with Crippen LogP contribution in [0.2, 0.25) is 0 Å². The van der Waals surface area contributed by atoms with Gasteiger partial charge in [-0.1, -0.05) is 28.1 Å². The molecule has 0 aliphatic rings. The molecule has 0 atom stereocenters. The smallest absolute Gasteiger partial charge is 0.239 e. The first-order valence-corrected chi connectivity index (χ1v) is 5.63. The van der Waals surface area contributed by atoms with E-state index in [-0.39, 0.29) is 24.8 Å². The van der Waals surface area contributed by atoms with Gasteiger partial charge in [0.05, 0.1) is 13.0 Å². The first-order chi connectivity index (χ1) is 7.61. The number of benzene rings is 1. The Bertz CT molecular complexity index is 376. The minimum atomic E-state index is -0.204. The Balaban J connectivity index is 2.40. The Morgan fingerprint density at radius 3 is 2.38 bits per heavy atom. The lowest BCUT2D eigenvalue weighted by molar-refractivity contribution is -0.125. The van der Waals surface area contributed by atoms with Crippen LogP contribution in [0.4, 0.5) is 0 Å². The number of hydrogen-bond acceptors (Lipinski definition) is 2. The van der Waals surface area contributed by atoms with Crippen LogP contribution < -0.4 is 10.6 Å². The van der Waals surface area contributed by atoms with Gasteiger partial charge in [-0.3, -0.25) is 9.59 Å². The normalized spacial score (nSPS) is 9.62. The maximum absolute atomic E-state index is 11.4. The van der Waals surface area contributed by atoms with Crippen LogP contribution in [0.25, 0.3) is 0 Å². The van der Waals surface area contributed by atoms with E-state index in [2.05, 4.69) is 26.6 Å². The van der Waals surface area contributed by atoms with Crippen LogP contribution in [0.15, 0.2) is 28.7 Å². The van der Waals surface area contributed by atoms with Crippen molar-refractivity contribution in [3.05, 3.63) is 34.3 Å². The van der Waals surface area contributed by atoms with E-state index in [1.54, 1.807) is 0 Å². The average molecular weight is 285 g/mol. The predicted molar refractivity (Wildman–Crippen MR) is 64.9 cm³/mol. The monoisotopic (exact) mass is 284 g/mol. The quantitative estimate of drug-likeness (QED) is 0.862. The fourth-order valence-corrected chi connectivity index (χ4v) is 1.38. The predicted octanol–water partition coefficient (Wildman–Crippen LogP) is 0.854. The molecule has 4 nitrogen and oxygen atoms in total. The van der Waals surface area contributed by atoms with Crippen molar-refractivity contribution < 1.29 is 9.59 Å². The summed E-state index contributed by atoms with van der Waals surface area (Å²) in [5.74, 6) is -0.366. The van der Waals surface area contributed by atoms with E-state index in [1.165, 1.54) is 7.05 Å². The first-order valence-electron chi connectivity index (χ1n) is 4.83. The van der Waals surface area contributed by atoms with Crippen LogP contribution in [-0.4, -0.2) is 25.4 Å². The van der Waals surface area contributed by atoms with E-state index in [1.807, 2.05) is 24.3 Å². The lowest BCUT2D eigenvalue weighted by Gasteiger charge is -2.04. The largest absolute Gasteiger partial charge is 0.358 e. The molecular weight excluding hydrogens is 272 g/mol. The van der Waals surface area contributed by atoms with E-state index >= 15 is 0 Å². The maximum atomic E-state index is 11.4. The van der Waals surface area contributed by atoms with Crippen LogP contribution in [0, 0.1) is 0 Å². The third-order valence-electron chi connectivity index (χ3n) is 2.00. The second-order valence-corrected chi connectivity index (χ2v) is 4.17. The molecule has 1 aromatic carbocycles. The summed E-state index contributed by atoms with van der Waals surface area (Å²) in [6, 6.07) is 7.48. The van der Waals surface area contributed by atoms with Gasteiger partial charge in [-0.2, -0.15) is 0 Å². The summed E-state index contributed by atoms with van der Waals surface area (Å²) in [5, 5.41) is 4.97. The minimum absolute atomic E-state index is 0.0197. The molecule has 0 saturated carbocycles. The number of carbonyl (C=O) groups is 2. The van der Waals surface area contributed by atoms with E-state index in [0.29, 0.717) is 0 Å². The van der Waals surface area contributed by atoms with Crippen LogP contribution in [0.3, 0.4) is 0 Å². The van der Waals surface area contributed by atoms with Gasteiger partial charge in [0.25, 0.3) is 0 Å². The molecule has 2 N–H and O–H groups in total. The van der Waals surface area contributed by atoms with Crippen molar-refractivity contribution in [2.75, 3.05) is 13.6 Å². The summed E-state index contributed by atoms with van der Waals surface area (Å²) in [7, 11) is 1.53. The van der Waals surface area contributed by atoms with Gasteiger partial charge in [0, 0.05) is 11.5 Å². The average Bonchev–Trinajstić information content (AvgIpc) is 2.29. The molecule has 0 fully saturated rings. The third-order valence-corrected chi connectivity index (χ3v) is 2.53. The van der Waals surface area contributed by atoms with Gasteiger partial charge in [-0.15, -0.1) is 0 Å². The minimum Gasteiger partial charge on any atom is -0.358 e. The van der Waals surface area contributed by atoms with E-state index < -0.39 is 0 Å². The zero-order chi connectivity index (χ0) is 12.0. The number of amides is 2. The summed E-state index contributed by atoms with van der Waals surface area (Å²) >= 11 is 3.32. The van der Waals surface area contributed by atoms with E-state index in [4.69, 9.17) is 0 Å². The molecule has 0 aromatic heterocycles. The Labute approximate surface area is 103 Å². The van der Waals surface area contributed by atoms with Crippen molar-refractivity contribution in [1.29, 1.82) is 0 Å². The van der Waals surface area contributed by atoms with Crippen LogP contribution in [-0.2, 0) is 16.0 Å². The number of rotatable bonds is 4. The molecule has 2 amide bonds. The van der Waals surface area contributed by atoms with Crippen LogP contribution >= 0.6 is 15.9 Å². The van der Waals surface area contributed by atoms with Gasteiger partial charge in [0.1, 0.15) is 0 Å². The Hall–Kier alpha value is -1.36. The second-order valence-electron chi connectivity index (χ2n) is 3.25. The molecule has 0 radical (unpaired) electrons. The van der Waals surface area contributed by atoms with Gasteiger partial charge >= 0.3 is 0 Å². The van der Waals surface area contributed by atoms with E-state index in [9.17, 15) is 9.59 Å². The number of likely N-dealkylation sites (N-methyl/N-ethyl adjacent to an activating group) is 1. The molecule has 0 aliphatic heterocycles. The van der Waals surface area contributed by atoms with E-state index in [0.717, 1.165) is 10.0 Å². The van der Waals surface area contributed by atoms with Crippen molar-refractivity contribution in [1.82, 2.24) is 10.6 Å². The Morgan fingerprint density at radius 2 is 1.81 bits per heavy atom. The Morgan fingerprint density at radius 1 is 1.19 bits per heavy atom. The van der Waals surface area contributed by atoms with Crippen molar-refractivity contribution in [3.8, 4) is 0 Å². The molecular formula is C11H13BrN2O2. The number of halogens is 1. The highest BCUT2D eigenvalue weighted by Gasteiger charge is 2.04. The van der Waals surface area contributed by atoms with Gasteiger partial charge in [0.2, 0.25) is 11.8 Å². The summed E-state index contributed by atoms with van der Waals surface area (Å²) in [6.45, 7) is 0.0197. The topological polar surface area (TPSA) is 58.2 Å². The summed E-state index contributed by atoms with van der Waals surface area (Å²) in [5.41, 5.74) is 0.914. The van der Waals surface area contributed by atoms with Crippen LogP contribution in [0.5, 0.6) is 0 Å². The first kappa shape index (κ1) is 12.7. The maximum Gasteiger partial charge on any atom is 0.239 e. The summed E-state index contributed by atoms with van der Waals surface area (Å²) in [6.07, 6.45) is 0.282. The molecule has 86 valence electrons. The number of hydrogen-bond donors (Lipinski definition) is 2. The lowest BCUT2D eigenvalue weighted by Crippen LogP contribution is -2.35. The summed E-state index contributed by atoms with van der Waals surface area (Å²) in [4.78, 5) is 22.3. The van der Waals surface area contributed by atoms with Crippen molar-refractivity contribution >= 4 is 27.7 Å². The molecule has 0 heterocycles. The zero-order valence-corrected chi connectivity index (χ0v) is 10.5. The highest BCUT2D eigenvalue weighted by Crippen LogP contribution is 2.10. The molecule has 1 aromatic rings. The van der Waals surface area contributed by atoms with Crippen molar-refractivity contribution in [3.63, 3.8) is 0 Å². The van der Waals surface area contributed by atoms with Gasteiger partial charge in [-0.05, 0) is 17.7 Å². The molecule has 0 aliphatic carbocycles. The summed E-state index contributed by atoms with van der Waals surface area (Å²) < 4.78 is 0.974. The second kappa shape index (κ2) is 6.27. The molecule has 16 heavy (non-hydrogen) atoms. The van der Waals surface area contributed by atoms with Gasteiger partial charge < -0.3 is 10.6 Å². The molecule has 0 unspecified atom stereocenters. The van der Waals surface area contributed by atoms with Crippen molar-refractivity contribution in [2.24, 2.45) is 0 Å². The fraction of sp³-hybridized carbons (Fsp3) is 0.273. The SMILES string of the molecule is CNC(=O)CNC(=O)Cc1ccc(Br)cc1. The van der Waals surface area contributed by atoms with Crippen LogP contribution in [0.1, 0.15) is 5.56 Å². The molecule has 0 spiro atoms. The number of carbonyl (C=O) groups excluding carboxylic acids is 2. The highest BCUT2D eigenvalue weighted by molar-refractivity contribution is 9.10. The lowest BCUT2D eigenvalue weighted by atomic mass is 10.1. The standard InChI is InChI=1S/C11H13BrN2O2/c1-13-11(16)7-14-10(15)6-8-2-4-9(12)5-3-8/h2-5H,6-7H2,1H3,(H,13,16)(H,14,15). The van der Waals surface area contributed by atoms with Gasteiger partial charge in [-0.25, -0.2) is 0 Å². The molecule has 1 rings (SSSR count). The molecule has 5 heteroatoms. The molecule has 0 saturated heterocycles. The highest BCUT2D eigenvalue weighted by atomic mass is 79.9. The number of nitrogens with one attached hydrogen (secondary N) is 2. The molecule has 0 bridgehead atoms.